The van der Waals surface area contributed by atoms with Crippen LogP contribution in [0, 0.1) is 0 Å². The van der Waals surface area contributed by atoms with Gasteiger partial charge in [-0.15, -0.1) is 6.58 Å². The van der Waals surface area contributed by atoms with Crippen molar-refractivity contribution < 1.29 is 14.4 Å². The normalized spacial score (nSPS) is 16.0. The quantitative estimate of drug-likeness (QED) is 0.574. The Bertz CT molecular complexity index is 400. The molecular weight excluding hydrogens is 250 g/mol. The molecule has 0 saturated carbocycles. The summed E-state index contributed by atoms with van der Waals surface area (Å²) in [7, 11) is 0. The maximum absolute atomic E-state index is 5.90. The van der Waals surface area contributed by atoms with Gasteiger partial charge in [0, 0.05) is 0 Å². The highest BCUT2D eigenvalue weighted by atomic mass is 16.5. The number of rotatable bonds is 8. The molecule has 0 unspecified atom stereocenters. The van der Waals surface area contributed by atoms with Crippen molar-refractivity contribution >= 4 is 0 Å². The largest absolute Gasteiger partial charge is 0.493 e. The summed E-state index contributed by atoms with van der Waals surface area (Å²) >= 11 is 0. The van der Waals surface area contributed by atoms with Crippen molar-refractivity contribution in [1.29, 1.82) is 0 Å². The van der Waals surface area contributed by atoms with E-state index in [-0.39, 0.29) is 0 Å². The first kappa shape index (κ1) is 15.1. The lowest BCUT2D eigenvalue weighted by Crippen LogP contribution is -3.14. The Morgan fingerprint density at radius 1 is 1.20 bits per heavy atom. The molecule has 1 aromatic rings. The number of unbranched alkanes of at least 4 members (excludes halogenated alkanes) is 1. The van der Waals surface area contributed by atoms with Crippen molar-refractivity contribution in [2.24, 2.45) is 0 Å². The number of nitrogens with one attached hydrogen (secondary N) is 1. The average molecular weight is 276 g/mol. The Hall–Kier alpha value is -1.32. The fourth-order valence-electron chi connectivity index (χ4n) is 2.54. The second-order valence-corrected chi connectivity index (χ2v) is 5.27. The summed E-state index contributed by atoms with van der Waals surface area (Å²) in [5, 5.41) is 0. The van der Waals surface area contributed by atoms with Gasteiger partial charge in [-0.2, -0.15) is 0 Å². The lowest BCUT2D eigenvalue weighted by molar-refractivity contribution is -0.908. The Balaban J connectivity index is 1.64. The van der Waals surface area contributed by atoms with E-state index >= 15 is 0 Å². The van der Waals surface area contributed by atoms with E-state index < -0.39 is 0 Å². The third-order valence-electron chi connectivity index (χ3n) is 3.72. The number of benzene rings is 1. The molecule has 0 aromatic heterocycles. The van der Waals surface area contributed by atoms with E-state index in [2.05, 4.69) is 12.6 Å². The van der Waals surface area contributed by atoms with E-state index in [0.717, 1.165) is 51.5 Å². The zero-order valence-corrected chi connectivity index (χ0v) is 12.3. The maximum atomic E-state index is 5.90. The second-order valence-electron chi connectivity index (χ2n) is 5.27. The van der Waals surface area contributed by atoms with Gasteiger partial charge in [0.1, 0.15) is 18.8 Å². The van der Waals surface area contributed by atoms with E-state index in [0.29, 0.717) is 0 Å². The molecule has 0 amide bonds. The molecule has 1 saturated heterocycles. The average Bonchev–Trinajstić information content (AvgIpc) is 2.50. The SMILES string of the molecule is C=CCc1ccccc1OCCCC[NH+]1CCOCC1. The summed E-state index contributed by atoms with van der Waals surface area (Å²) in [6.07, 6.45) is 5.13. The summed E-state index contributed by atoms with van der Waals surface area (Å²) in [5.41, 5.74) is 1.22. The topological polar surface area (TPSA) is 22.9 Å². The smallest absolute Gasteiger partial charge is 0.122 e. The van der Waals surface area contributed by atoms with Crippen LogP contribution in [-0.4, -0.2) is 39.5 Å². The van der Waals surface area contributed by atoms with Crippen molar-refractivity contribution in [3.63, 3.8) is 0 Å². The lowest BCUT2D eigenvalue weighted by atomic mass is 10.1. The minimum atomic E-state index is 0.804. The van der Waals surface area contributed by atoms with Crippen LogP contribution in [0.5, 0.6) is 5.75 Å². The molecule has 0 spiro atoms. The van der Waals surface area contributed by atoms with Crippen LogP contribution < -0.4 is 9.64 Å². The standard InChI is InChI=1S/C17H25NO2/c1-2-7-16-8-3-4-9-17(16)20-13-6-5-10-18-11-14-19-15-12-18/h2-4,8-9H,1,5-7,10-15H2/p+1. The molecule has 1 aromatic carbocycles. The van der Waals surface area contributed by atoms with Gasteiger partial charge in [-0.3, -0.25) is 0 Å². The number of para-hydroxylation sites is 1. The number of hydrogen-bond donors (Lipinski definition) is 1. The zero-order valence-electron chi connectivity index (χ0n) is 12.3. The Kier molecular flexibility index (Phi) is 6.61. The van der Waals surface area contributed by atoms with Gasteiger partial charge in [-0.05, 0) is 30.9 Å². The fraction of sp³-hybridized carbons (Fsp3) is 0.529. The second kappa shape index (κ2) is 8.77. The molecule has 1 aliphatic rings. The summed E-state index contributed by atoms with van der Waals surface area (Å²) in [5.74, 6) is 1.01. The minimum absolute atomic E-state index is 0.804. The molecule has 0 radical (unpaired) electrons. The van der Waals surface area contributed by atoms with Crippen LogP contribution in [0.4, 0.5) is 0 Å². The molecule has 0 bridgehead atoms. The molecule has 0 atom stereocenters. The summed E-state index contributed by atoms with van der Waals surface area (Å²) in [6.45, 7) is 9.98. The number of hydrogen-bond acceptors (Lipinski definition) is 2. The molecule has 1 fully saturated rings. The van der Waals surface area contributed by atoms with E-state index in [4.69, 9.17) is 9.47 Å². The molecule has 110 valence electrons. The van der Waals surface area contributed by atoms with Gasteiger partial charge in [0.15, 0.2) is 0 Å². The summed E-state index contributed by atoms with van der Waals surface area (Å²) in [4.78, 5) is 1.67. The van der Waals surface area contributed by atoms with Crippen molar-refractivity contribution in [2.45, 2.75) is 19.3 Å². The van der Waals surface area contributed by atoms with Crippen LogP contribution in [0.25, 0.3) is 0 Å². The monoisotopic (exact) mass is 276 g/mol. The Morgan fingerprint density at radius 3 is 2.80 bits per heavy atom. The van der Waals surface area contributed by atoms with E-state index in [1.165, 1.54) is 18.5 Å². The minimum Gasteiger partial charge on any atom is -0.493 e. The maximum Gasteiger partial charge on any atom is 0.122 e. The first-order valence-electron chi connectivity index (χ1n) is 7.63. The van der Waals surface area contributed by atoms with E-state index in [9.17, 15) is 0 Å². The van der Waals surface area contributed by atoms with Gasteiger partial charge in [0.25, 0.3) is 0 Å². The highest BCUT2D eigenvalue weighted by molar-refractivity contribution is 5.34. The van der Waals surface area contributed by atoms with Crippen LogP contribution in [0.15, 0.2) is 36.9 Å². The van der Waals surface area contributed by atoms with Gasteiger partial charge in [0.2, 0.25) is 0 Å². The van der Waals surface area contributed by atoms with E-state index in [1.807, 2.05) is 24.3 Å². The van der Waals surface area contributed by atoms with Gasteiger partial charge in [-0.1, -0.05) is 24.3 Å². The Morgan fingerprint density at radius 2 is 2.00 bits per heavy atom. The third-order valence-corrected chi connectivity index (χ3v) is 3.72. The van der Waals surface area contributed by atoms with Crippen molar-refractivity contribution in [1.82, 2.24) is 0 Å². The molecule has 20 heavy (non-hydrogen) atoms. The van der Waals surface area contributed by atoms with Crippen molar-refractivity contribution in [3.05, 3.63) is 42.5 Å². The van der Waals surface area contributed by atoms with Crippen LogP contribution >= 0.6 is 0 Å². The molecule has 3 heteroatoms. The van der Waals surface area contributed by atoms with Crippen molar-refractivity contribution in [2.75, 3.05) is 39.5 Å². The lowest BCUT2D eigenvalue weighted by Gasteiger charge is -2.23. The van der Waals surface area contributed by atoms with Crippen LogP contribution in [-0.2, 0) is 11.2 Å². The predicted molar refractivity (Wildman–Crippen MR) is 81.5 cm³/mol. The number of morpholine rings is 1. The molecule has 1 heterocycles. The highest BCUT2D eigenvalue weighted by Gasteiger charge is 2.12. The van der Waals surface area contributed by atoms with Gasteiger partial charge in [0.05, 0.1) is 26.4 Å². The third kappa shape index (κ3) is 4.99. The zero-order chi connectivity index (χ0) is 14.0. The number of ether oxygens (including phenoxy) is 2. The van der Waals surface area contributed by atoms with Gasteiger partial charge in [-0.25, -0.2) is 0 Å². The van der Waals surface area contributed by atoms with Crippen molar-refractivity contribution in [3.8, 4) is 5.75 Å². The van der Waals surface area contributed by atoms with Crippen LogP contribution in [0.3, 0.4) is 0 Å². The number of allylic oxidation sites excluding steroid dienone is 1. The van der Waals surface area contributed by atoms with E-state index in [1.54, 1.807) is 4.90 Å². The first-order valence-corrected chi connectivity index (χ1v) is 7.63. The van der Waals surface area contributed by atoms with Crippen LogP contribution in [0.2, 0.25) is 0 Å². The molecule has 3 nitrogen and oxygen atoms in total. The molecule has 0 aliphatic carbocycles. The van der Waals surface area contributed by atoms with Crippen LogP contribution in [0.1, 0.15) is 18.4 Å². The fourth-order valence-corrected chi connectivity index (χ4v) is 2.54. The molecule has 1 N–H and O–H groups in total. The summed E-state index contributed by atoms with van der Waals surface area (Å²) < 4.78 is 11.3. The molecule has 1 aliphatic heterocycles. The highest BCUT2D eigenvalue weighted by Crippen LogP contribution is 2.18. The predicted octanol–water partition coefficient (Wildman–Crippen LogP) is 1.49. The van der Waals surface area contributed by atoms with Gasteiger partial charge < -0.3 is 14.4 Å². The number of quaternary nitrogens is 1. The molecule has 2 rings (SSSR count). The summed E-state index contributed by atoms with van der Waals surface area (Å²) in [6, 6.07) is 8.23. The first-order chi connectivity index (χ1) is 9.90. The Labute approximate surface area is 122 Å². The molecular formula is C17H26NO2+. The van der Waals surface area contributed by atoms with Gasteiger partial charge >= 0.3 is 0 Å².